The van der Waals surface area contributed by atoms with E-state index in [-0.39, 0.29) is 17.2 Å². The Bertz CT molecular complexity index is 1230. The Morgan fingerprint density at radius 1 is 1.03 bits per heavy atom. The average molecular weight is 484 g/mol. The lowest BCUT2D eigenvalue weighted by molar-refractivity contribution is -0.137. The van der Waals surface area contributed by atoms with Crippen molar-refractivity contribution in [1.29, 1.82) is 0 Å². The molecule has 184 valence electrons. The van der Waals surface area contributed by atoms with E-state index in [0.29, 0.717) is 12.8 Å². The van der Waals surface area contributed by atoms with Gasteiger partial charge in [0.05, 0.1) is 11.7 Å². The molecule has 0 saturated heterocycles. The molecule has 2 aromatic carbocycles. The first-order valence-electron chi connectivity index (χ1n) is 12.2. The Hall–Kier alpha value is -2.73. The number of nitrogens with zero attached hydrogens (tertiary/aromatic N) is 1. The van der Waals surface area contributed by atoms with Gasteiger partial charge in [0, 0.05) is 17.0 Å². The van der Waals surface area contributed by atoms with Gasteiger partial charge in [0.15, 0.2) is 0 Å². The second kappa shape index (κ2) is 8.74. The molecule has 1 unspecified atom stereocenters. The predicted octanol–water partition coefficient (Wildman–Crippen LogP) is 7.77. The lowest BCUT2D eigenvalue weighted by Gasteiger charge is -2.47. The van der Waals surface area contributed by atoms with Crippen LogP contribution in [0, 0.1) is 11.2 Å². The smallest absolute Gasteiger partial charge is 0.388 e. The fraction of sp³-hybridized carbons (Fsp3) is 0.414. The van der Waals surface area contributed by atoms with Crippen molar-refractivity contribution in [2.45, 2.75) is 70.6 Å². The number of aromatic nitrogens is 1. The second-order valence-electron chi connectivity index (χ2n) is 10.5. The first-order valence-corrected chi connectivity index (χ1v) is 12.2. The highest BCUT2D eigenvalue weighted by Gasteiger charge is 2.45. The number of hydrogen-bond acceptors (Lipinski definition) is 2. The van der Waals surface area contributed by atoms with Crippen molar-refractivity contribution in [2.24, 2.45) is 5.41 Å². The van der Waals surface area contributed by atoms with E-state index in [0.717, 1.165) is 77.0 Å². The molecule has 3 aromatic rings. The van der Waals surface area contributed by atoms with E-state index in [4.69, 9.17) is 4.98 Å². The molecule has 2 aliphatic rings. The molecule has 0 amide bonds. The topological polar surface area (TPSA) is 33.1 Å². The fourth-order valence-corrected chi connectivity index (χ4v) is 5.82. The molecule has 2 nitrogen and oxygen atoms in total. The monoisotopic (exact) mass is 483 g/mol. The van der Waals surface area contributed by atoms with Gasteiger partial charge in [0.25, 0.3) is 0 Å². The third kappa shape index (κ3) is 4.49. The standard InChI is InChI=1S/C29H29F4NO/c1-17(2)27-22(14-18-4-8-20(9-5-18)29(31,32)33)25(19-6-10-21(30)11-7-19)26-23(34-27)15-28(12-3-13-28)16-24(26)35/h4-11,17,24,35H,3,12-16H2,1-2H3. The Morgan fingerprint density at radius 3 is 2.23 bits per heavy atom. The molecule has 1 heterocycles. The van der Waals surface area contributed by atoms with E-state index < -0.39 is 17.8 Å². The molecule has 1 fully saturated rings. The minimum Gasteiger partial charge on any atom is -0.388 e. The van der Waals surface area contributed by atoms with Crippen LogP contribution >= 0.6 is 0 Å². The Balaban J connectivity index is 1.69. The molecular weight excluding hydrogens is 454 g/mol. The minimum absolute atomic E-state index is 0.0698. The summed E-state index contributed by atoms with van der Waals surface area (Å²) in [6.45, 7) is 4.11. The summed E-state index contributed by atoms with van der Waals surface area (Å²) in [5, 5.41) is 11.4. The Morgan fingerprint density at radius 2 is 1.69 bits per heavy atom. The van der Waals surface area contributed by atoms with Crippen LogP contribution in [0.15, 0.2) is 48.5 Å². The summed E-state index contributed by atoms with van der Waals surface area (Å²) < 4.78 is 53.1. The molecule has 5 rings (SSSR count). The lowest BCUT2D eigenvalue weighted by Crippen LogP contribution is -2.38. The summed E-state index contributed by atoms with van der Waals surface area (Å²) >= 11 is 0. The highest BCUT2D eigenvalue weighted by molar-refractivity contribution is 5.74. The number of rotatable bonds is 4. The maximum Gasteiger partial charge on any atom is 0.416 e. The van der Waals surface area contributed by atoms with Crippen LogP contribution in [-0.4, -0.2) is 10.1 Å². The molecule has 35 heavy (non-hydrogen) atoms. The van der Waals surface area contributed by atoms with Crippen LogP contribution in [0.3, 0.4) is 0 Å². The molecule has 0 radical (unpaired) electrons. The zero-order valence-corrected chi connectivity index (χ0v) is 19.9. The van der Waals surface area contributed by atoms with Crippen LogP contribution in [-0.2, 0) is 19.0 Å². The summed E-state index contributed by atoms with van der Waals surface area (Å²) in [6.07, 6.45) is 0.120. The fourth-order valence-electron chi connectivity index (χ4n) is 5.82. The van der Waals surface area contributed by atoms with Gasteiger partial charge in [-0.1, -0.05) is 44.5 Å². The maximum absolute atomic E-state index is 13.8. The lowest BCUT2D eigenvalue weighted by atomic mass is 9.59. The third-order valence-corrected chi connectivity index (χ3v) is 7.70. The molecule has 2 aliphatic carbocycles. The van der Waals surface area contributed by atoms with Gasteiger partial charge in [-0.05, 0) is 90.0 Å². The van der Waals surface area contributed by atoms with Gasteiger partial charge < -0.3 is 5.11 Å². The van der Waals surface area contributed by atoms with Crippen LogP contribution < -0.4 is 0 Å². The summed E-state index contributed by atoms with van der Waals surface area (Å²) in [5.74, 6) is -0.278. The Labute approximate surface area is 203 Å². The van der Waals surface area contributed by atoms with Crippen molar-refractivity contribution in [3.8, 4) is 11.1 Å². The van der Waals surface area contributed by atoms with Gasteiger partial charge in [-0.2, -0.15) is 13.2 Å². The minimum atomic E-state index is -4.39. The predicted molar refractivity (Wildman–Crippen MR) is 128 cm³/mol. The highest BCUT2D eigenvalue weighted by atomic mass is 19.4. The average Bonchev–Trinajstić information content (AvgIpc) is 2.78. The number of fused-ring (bicyclic) bond motifs is 1. The van der Waals surface area contributed by atoms with Crippen LogP contribution in [0.4, 0.5) is 17.6 Å². The number of hydrogen-bond donors (Lipinski definition) is 1. The van der Waals surface area contributed by atoms with Gasteiger partial charge in [-0.25, -0.2) is 4.39 Å². The van der Waals surface area contributed by atoms with Crippen LogP contribution in [0.5, 0.6) is 0 Å². The van der Waals surface area contributed by atoms with Crippen LogP contribution in [0.2, 0.25) is 0 Å². The van der Waals surface area contributed by atoms with E-state index in [1.54, 1.807) is 12.1 Å². The SMILES string of the molecule is CC(C)c1nc2c(c(-c3ccc(F)cc3)c1Cc1ccc(C(F)(F)F)cc1)C(O)CC1(CCC1)C2. The first kappa shape index (κ1) is 24.0. The van der Waals surface area contributed by atoms with Crippen LogP contribution in [0.1, 0.15) is 85.2 Å². The summed E-state index contributed by atoms with van der Waals surface area (Å²) in [7, 11) is 0. The number of halogens is 4. The molecule has 1 spiro atoms. The summed E-state index contributed by atoms with van der Waals surface area (Å²) in [5.41, 5.74) is 5.24. The summed E-state index contributed by atoms with van der Waals surface area (Å²) in [6, 6.07) is 11.4. The molecule has 1 N–H and O–H groups in total. The highest BCUT2D eigenvalue weighted by Crippen LogP contribution is 2.55. The molecular formula is C29H29F4NO. The molecule has 6 heteroatoms. The van der Waals surface area contributed by atoms with Crippen molar-refractivity contribution < 1.29 is 22.7 Å². The van der Waals surface area contributed by atoms with Gasteiger partial charge in [-0.3, -0.25) is 4.98 Å². The second-order valence-corrected chi connectivity index (χ2v) is 10.5. The summed E-state index contributed by atoms with van der Waals surface area (Å²) in [4.78, 5) is 5.08. The quantitative estimate of drug-likeness (QED) is 0.385. The number of benzene rings is 2. The molecule has 0 aliphatic heterocycles. The van der Waals surface area contributed by atoms with Gasteiger partial charge in [0.2, 0.25) is 0 Å². The normalized spacial score (nSPS) is 19.0. The van der Waals surface area contributed by atoms with E-state index in [2.05, 4.69) is 13.8 Å². The number of aliphatic hydroxyl groups excluding tert-OH is 1. The van der Waals surface area contributed by atoms with E-state index in [1.165, 1.54) is 24.3 Å². The van der Waals surface area contributed by atoms with Crippen molar-refractivity contribution in [3.63, 3.8) is 0 Å². The molecule has 0 bridgehead atoms. The van der Waals surface area contributed by atoms with Gasteiger partial charge in [-0.15, -0.1) is 0 Å². The molecule has 1 saturated carbocycles. The zero-order chi connectivity index (χ0) is 25.0. The molecule has 1 aromatic heterocycles. The van der Waals surface area contributed by atoms with Crippen molar-refractivity contribution >= 4 is 0 Å². The van der Waals surface area contributed by atoms with Crippen LogP contribution in [0.25, 0.3) is 11.1 Å². The first-order chi connectivity index (χ1) is 16.6. The molecule has 1 atom stereocenters. The van der Waals surface area contributed by atoms with Gasteiger partial charge in [0.1, 0.15) is 5.82 Å². The largest absolute Gasteiger partial charge is 0.416 e. The number of alkyl halides is 3. The third-order valence-electron chi connectivity index (χ3n) is 7.70. The number of aliphatic hydroxyl groups is 1. The zero-order valence-electron chi connectivity index (χ0n) is 19.9. The van der Waals surface area contributed by atoms with E-state index in [9.17, 15) is 22.7 Å². The number of pyridine rings is 1. The Kier molecular flexibility index (Phi) is 5.99. The van der Waals surface area contributed by atoms with Crippen molar-refractivity contribution in [3.05, 3.63) is 88.0 Å². The van der Waals surface area contributed by atoms with E-state index >= 15 is 0 Å². The van der Waals surface area contributed by atoms with E-state index in [1.807, 2.05) is 0 Å². The maximum atomic E-state index is 13.8. The van der Waals surface area contributed by atoms with Crippen molar-refractivity contribution in [1.82, 2.24) is 4.98 Å². The van der Waals surface area contributed by atoms with Gasteiger partial charge >= 0.3 is 6.18 Å². The van der Waals surface area contributed by atoms with Crippen molar-refractivity contribution in [2.75, 3.05) is 0 Å².